The smallest absolute Gasteiger partial charge is 0.339 e. The summed E-state index contributed by atoms with van der Waals surface area (Å²) in [5.74, 6) is 1.90. The second kappa shape index (κ2) is 9.04. The normalized spacial score (nSPS) is 9.68. The molecule has 0 aliphatic rings. The Kier molecular flexibility index (Phi) is 7.19. The van der Waals surface area contributed by atoms with E-state index >= 15 is 0 Å². The van der Waals surface area contributed by atoms with Crippen molar-refractivity contribution in [3.63, 3.8) is 0 Å². The first-order valence-corrected chi connectivity index (χ1v) is 6.72. The van der Waals surface area contributed by atoms with Gasteiger partial charge in [0.05, 0.1) is 5.56 Å². The van der Waals surface area contributed by atoms with Crippen molar-refractivity contribution in [1.82, 2.24) is 0 Å². The molecular formula is C16H21NO2. The van der Waals surface area contributed by atoms with Gasteiger partial charge in [-0.25, -0.2) is 4.79 Å². The molecule has 3 nitrogen and oxygen atoms in total. The van der Waals surface area contributed by atoms with Crippen molar-refractivity contribution in [2.75, 3.05) is 18.5 Å². The average Bonchev–Trinajstić information content (AvgIpc) is 2.45. The van der Waals surface area contributed by atoms with Crippen LogP contribution in [0.1, 0.15) is 43.0 Å². The summed E-state index contributed by atoms with van der Waals surface area (Å²) in [6, 6.07) is 7.29. The monoisotopic (exact) mass is 259 g/mol. The van der Waals surface area contributed by atoms with Crippen LogP contribution in [0.2, 0.25) is 0 Å². The standard InChI is InChI=1S/C16H21NO2/c1-3-5-6-7-11-17-15-10-8-9-14(13-15)16(18)19-12-4-2/h2,8-10,13,17H,3,5-7,11-12H2,1H3. The molecule has 0 aliphatic carbocycles. The summed E-state index contributed by atoms with van der Waals surface area (Å²) in [6.07, 6.45) is 9.92. The molecule has 0 amide bonds. The van der Waals surface area contributed by atoms with Crippen molar-refractivity contribution in [3.8, 4) is 12.3 Å². The zero-order valence-electron chi connectivity index (χ0n) is 11.4. The summed E-state index contributed by atoms with van der Waals surface area (Å²) in [5.41, 5.74) is 1.46. The van der Waals surface area contributed by atoms with E-state index in [0.29, 0.717) is 5.56 Å². The first kappa shape index (κ1) is 15.1. The van der Waals surface area contributed by atoms with Gasteiger partial charge in [-0.3, -0.25) is 0 Å². The highest BCUT2D eigenvalue weighted by molar-refractivity contribution is 5.90. The Bertz CT molecular complexity index is 435. The van der Waals surface area contributed by atoms with Crippen LogP contribution in [0.25, 0.3) is 0 Å². The van der Waals surface area contributed by atoms with Crippen molar-refractivity contribution >= 4 is 11.7 Å². The summed E-state index contributed by atoms with van der Waals surface area (Å²) in [6.45, 7) is 3.12. The van der Waals surface area contributed by atoms with Crippen LogP contribution in [0.4, 0.5) is 5.69 Å². The number of unbranched alkanes of at least 4 members (excludes halogenated alkanes) is 3. The molecule has 0 unspecified atom stereocenters. The van der Waals surface area contributed by atoms with Gasteiger partial charge in [-0.1, -0.05) is 38.2 Å². The summed E-state index contributed by atoms with van der Waals surface area (Å²) in [4.78, 5) is 11.6. The zero-order valence-corrected chi connectivity index (χ0v) is 11.4. The first-order valence-electron chi connectivity index (χ1n) is 6.72. The minimum absolute atomic E-state index is 0.00745. The highest BCUT2D eigenvalue weighted by Gasteiger charge is 2.06. The Hall–Kier alpha value is -1.95. The SMILES string of the molecule is C#CCOC(=O)c1cccc(NCCCCCC)c1. The third-order valence-corrected chi connectivity index (χ3v) is 2.74. The van der Waals surface area contributed by atoms with Crippen LogP contribution in [0.3, 0.4) is 0 Å². The maximum Gasteiger partial charge on any atom is 0.339 e. The van der Waals surface area contributed by atoms with E-state index in [-0.39, 0.29) is 12.6 Å². The Balaban J connectivity index is 2.43. The fourth-order valence-electron chi connectivity index (χ4n) is 1.73. The first-order chi connectivity index (χ1) is 9.27. The van der Waals surface area contributed by atoms with Gasteiger partial charge in [0.2, 0.25) is 0 Å². The summed E-state index contributed by atoms with van der Waals surface area (Å²) in [5, 5.41) is 3.31. The number of terminal acetylenes is 1. The van der Waals surface area contributed by atoms with Gasteiger partial charge in [-0.15, -0.1) is 6.42 Å². The molecule has 1 aromatic rings. The fourth-order valence-corrected chi connectivity index (χ4v) is 1.73. The highest BCUT2D eigenvalue weighted by atomic mass is 16.5. The zero-order chi connectivity index (χ0) is 13.9. The minimum atomic E-state index is -0.382. The minimum Gasteiger partial charge on any atom is -0.449 e. The number of carbonyl (C=O) groups excluding carboxylic acids is 1. The largest absolute Gasteiger partial charge is 0.449 e. The highest BCUT2D eigenvalue weighted by Crippen LogP contribution is 2.12. The molecule has 102 valence electrons. The van der Waals surface area contributed by atoms with E-state index in [4.69, 9.17) is 11.2 Å². The summed E-state index contributed by atoms with van der Waals surface area (Å²) >= 11 is 0. The van der Waals surface area contributed by atoms with E-state index in [2.05, 4.69) is 18.2 Å². The lowest BCUT2D eigenvalue weighted by molar-refractivity contribution is 0.0557. The molecule has 0 bridgehead atoms. The number of esters is 1. The van der Waals surface area contributed by atoms with Gasteiger partial charge in [-0.2, -0.15) is 0 Å². The van der Waals surface area contributed by atoms with Gasteiger partial charge in [0.15, 0.2) is 6.61 Å². The third kappa shape index (κ3) is 5.96. The maximum absolute atomic E-state index is 11.6. The van der Waals surface area contributed by atoms with Crippen LogP contribution < -0.4 is 5.32 Å². The molecule has 1 rings (SSSR count). The quantitative estimate of drug-likeness (QED) is 0.441. The molecule has 0 spiro atoms. The van der Waals surface area contributed by atoms with Crippen molar-refractivity contribution in [1.29, 1.82) is 0 Å². The maximum atomic E-state index is 11.6. The van der Waals surface area contributed by atoms with E-state index in [1.807, 2.05) is 12.1 Å². The van der Waals surface area contributed by atoms with E-state index in [0.717, 1.165) is 18.7 Å². The van der Waals surface area contributed by atoms with Gasteiger partial charge in [0.25, 0.3) is 0 Å². The Morgan fingerprint density at radius 3 is 2.95 bits per heavy atom. The fraction of sp³-hybridized carbons (Fsp3) is 0.438. The lowest BCUT2D eigenvalue weighted by atomic mass is 10.2. The molecule has 19 heavy (non-hydrogen) atoms. The van der Waals surface area contributed by atoms with Gasteiger partial charge in [0, 0.05) is 12.2 Å². The third-order valence-electron chi connectivity index (χ3n) is 2.74. The predicted molar refractivity (Wildman–Crippen MR) is 78.2 cm³/mol. The molecule has 0 atom stereocenters. The van der Waals surface area contributed by atoms with Gasteiger partial charge in [-0.05, 0) is 24.6 Å². The predicted octanol–water partition coefficient (Wildman–Crippen LogP) is 3.47. The molecule has 3 heteroatoms. The number of carbonyl (C=O) groups is 1. The molecule has 0 aromatic heterocycles. The van der Waals surface area contributed by atoms with Crippen molar-refractivity contribution in [2.24, 2.45) is 0 Å². The Morgan fingerprint density at radius 1 is 1.37 bits per heavy atom. The van der Waals surface area contributed by atoms with Crippen LogP contribution in [-0.2, 0) is 4.74 Å². The van der Waals surface area contributed by atoms with Gasteiger partial charge >= 0.3 is 5.97 Å². The lowest BCUT2D eigenvalue weighted by Gasteiger charge is -2.07. The second-order valence-corrected chi connectivity index (χ2v) is 4.35. The number of nitrogens with one attached hydrogen (secondary N) is 1. The Morgan fingerprint density at radius 2 is 2.21 bits per heavy atom. The molecule has 0 saturated heterocycles. The molecule has 0 aliphatic heterocycles. The van der Waals surface area contributed by atoms with E-state index in [1.165, 1.54) is 19.3 Å². The van der Waals surface area contributed by atoms with Crippen LogP contribution in [-0.4, -0.2) is 19.1 Å². The van der Waals surface area contributed by atoms with Crippen molar-refractivity contribution < 1.29 is 9.53 Å². The second-order valence-electron chi connectivity index (χ2n) is 4.35. The van der Waals surface area contributed by atoms with Gasteiger partial charge < -0.3 is 10.1 Å². The van der Waals surface area contributed by atoms with E-state index in [9.17, 15) is 4.79 Å². The van der Waals surface area contributed by atoms with E-state index < -0.39 is 0 Å². The molecule has 0 saturated carbocycles. The topological polar surface area (TPSA) is 38.3 Å². The number of hydrogen-bond acceptors (Lipinski definition) is 3. The molecule has 0 heterocycles. The number of benzene rings is 1. The summed E-state index contributed by atoms with van der Waals surface area (Å²) in [7, 11) is 0. The molecule has 0 fully saturated rings. The van der Waals surface area contributed by atoms with E-state index in [1.54, 1.807) is 12.1 Å². The summed E-state index contributed by atoms with van der Waals surface area (Å²) < 4.78 is 4.89. The Labute approximate surface area is 115 Å². The average molecular weight is 259 g/mol. The van der Waals surface area contributed by atoms with Crippen molar-refractivity contribution in [2.45, 2.75) is 32.6 Å². The number of anilines is 1. The number of rotatable bonds is 8. The van der Waals surface area contributed by atoms with Crippen LogP contribution in [0.5, 0.6) is 0 Å². The molecular weight excluding hydrogens is 238 g/mol. The van der Waals surface area contributed by atoms with Crippen molar-refractivity contribution in [3.05, 3.63) is 29.8 Å². The molecule has 1 aromatic carbocycles. The van der Waals surface area contributed by atoms with Gasteiger partial charge in [0.1, 0.15) is 0 Å². The number of ether oxygens (including phenoxy) is 1. The lowest BCUT2D eigenvalue weighted by Crippen LogP contribution is -2.07. The number of hydrogen-bond donors (Lipinski definition) is 1. The molecule has 0 radical (unpaired) electrons. The van der Waals surface area contributed by atoms with Crippen LogP contribution in [0.15, 0.2) is 24.3 Å². The molecule has 1 N–H and O–H groups in total. The van der Waals surface area contributed by atoms with Crippen LogP contribution >= 0.6 is 0 Å². The van der Waals surface area contributed by atoms with Crippen LogP contribution in [0, 0.1) is 12.3 Å².